The van der Waals surface area contributed by atoms with Crippen molar-refractivity contribution in [2.75, 3.05) is 6.54 Å². The minimum Gasteiger partial charge on any atom is -0.507 e. The van der Waals surface area contributed by atoms with Crippen molar-refractivity contribution in [3.05, 3.63) is 69.3 Å². The van der Waals surface area contributed by atoms with Crippen LogP contribution in [0.15, 0.2) is 47.5 Å². The maximum atomic E-state index is 11.0. The first-order valence-corrected chi connectivity index (χ1v) is 10.9. The SMILES string of the molecule is Cc1ccc(C23C[C@@H]4C[C@@H](CC(CN=Cc5cc([N+](=O)[O-])ccc5O)(C4)C2)C3)cc1. The van der Waals surface area contributed by atoms with Crippen molar-refractivity contribution in [2.24, 2.45) is 22.2 Å². The summed E-state index contributed by atoms with van der Waals surface area (Å²) in [5.74, 6) is 1.58. The molecule has 2 aromatic rings. The topological polar surface area (TPSA) is 75.7 Å². The van der Waals surface area contributed by atoms with Gasteiger partial charge in [-0.25, -0.2) is 0 Å². The predicted octanol–water partition coefficient (Wildman–Crippen LogP) is 5.57. The zero-order valence-corrected chi connectivity index (χ0v) is 17.4. The van der Waals surface area contributed by atoms with Crippen LogP contribution in [0, 0.1) is 34.3 Å². The van der Waals surface area contributed by atoms with Gasteiger partial charge < -0.3 is 5.11 Å². The van der Waals surface area contributed by atoms with Gasteiger partial charge in [0, 0.05) is 30.5 Å². The van der Waals surface area contributed by atoms with E-state index < -0.39 is 4.92 Å². The van der Waals surface area contributed by atoms with E-state index in [-0.39, 0.29) is 22.3 Å². The smallest absolute Gasteiger partial charge is 0.270 e. The molecule has 1 N–H and O–H groups in total. The number of rotatable bonds is 5. The van der Waals surface area contributed by atoms with Crippen LogP contribution in [0.25, 0.3) is 0 Å². The van der Waals surface area contributed by atoms with Gasteiger partial charge in [-0.1, -0.05) is 29.8 Å². The van der Waals surface area contributed by atoms with Crippen LogP contribution in [0.1, 0.15) is 55.2 Å². The largest absolute Gasteiger partial charge is 0.507 e. The summed E-state index contributed by atoms with van der Waals surface area (Å²) in [4.78, 5) is 15.3. The molecule has 4 atom stereocenters. The van der Waals surface area contributed by atoms with E-state index >= 15 is 0 Å². The van der Waals surface area contributed by atoms with Crippen LogP contribution in [0.2, 0.25) is 0 Å². The maximum absolute atomic E-state index is 11.0. The third kappa shape index (κ3) is 3.30. The lowest BCUT2D eigenvalue weighted by molar-refractivity contribution is -0.384. The highest BCUT2D eigenvalue weighted by molar-refractivity contribution is 5.84. The molecule has 0 amide bonds. The number of nitrogens with zero attached hydrogens (tertiary/aromatic N) is 2. The summed E-state index contributed by atoms with van der Waals surface area (Å²) in [6.45, 7) is 2.87. The first-order valence-electron chi connectivity index (χ1n) is 10.9. The lowest BCUT2D eigenvalue weighted by Gasteiger charge is -2.62. The Labute approximate surface area is 177 Å². The minimum absolute atomic E-state index is 0.0256. The summed E-state index contributed by atoms with van der Waals surface area (Å²) in [6.07, 6.45) is 9.21. The van der Waals surface area contributed by atoms with Crippen LogP contribution in [0.3, 0.4) is 0 Å². The fourth-order valence-corrected chi connectivity index (χ4v) is 6.98. The molecule has 4 aliphatic rings. The normalized spacial score (nSPS) is 32.0. The van der Waals surface area contributed by atoms with Crippen LogP contribution >= 0.6 is 0 Å². The molecule has 6 rings (SSSR count). The minimum atomic E-state index is -0.443. The molecule has 4 fully saturated rings. The van der Waals surface area contributed by atoms with Crippen LogP contribution in [-0.4, -0.2) is 22.8 Å². The summed E-state index contributed by atoms with van der Waals surface area (Å²) < 4.78 is 0. The van der Waals surface area contributed by atoms with Gasteiger partial charge in [0.05, 0.1) is 4.92 Å². The van der Waals surface area contributed by atoms with E-state index in [4.69, 9.17) is 4.99 Å². The van der Waals surface area contributed by atoms with Gasteiger partial charge in [-0.3, -0.25) is 15.1 Å². The van der Waals surface area contributed by atoms with Crippen LogP contribution < -0.4 is 0 Å². The zero-order chi connectivity index (χ0) is 20.9. The van der Waals surface area contributed by atoms with E-state index in [0.29, 0.717) is 5.56 Å². The van der Waals surface area contributed by atoms with Crippen molar-refractivity contribution in [1.29, 1.82) is 0 Å². The molecular weight excluding hydrogens is 376 g/mol. The van der Waals surface area contributed by atoms with E-state index in [2.05, 4.69) is 31.2 Å². The molecule has 0 heterocycles. The number of aliphatic imine (C=N–C) groups is 1. The molecule has 5 nitrogen and oxygen atoms in total. The standard InChI is InChI=1S/C25H28N2O3/c1-17-2-4-21(5-3-17)25-12-18-8-19(13-25)11-24(10-18,15-25)16-26-14-20-9-22(27(29)30)6-7-23(20)28/h2-7,9,14,18-19,28H,8,10-13,15-16H2,1H3/t18-,19+,24?,25?. The third-order valence-corrected chi connectivity index (χ3v) is 7.73. The zero-order valence-electron chi connectivity index (χ0n) is 17.4. The summed E-state index contributed by atoms with van der Waals surface area (Å²) >= 11 is 0. The summed E-state index contributed by atoms with van der Waals surface area (Å²) in [5.41, 5.74) is 3.68. The molecule has 4 aliphatic carbocycles. The van der Waals surface area contributed by atoms with Crippen molar-refractivity contribution in [3.63, 3.8) is 0 Å². The maximum Gasteiger partial charge on any atom is 0.270 e. The highest BCUT2D eigenvalue weighted by Crippen LogP contribution is 2.65. The molecule has 2 unspecified atom stereocenters. The van der Waals surface area contributed by atoms with Gasteiger partial charge in [0.15, 0.2) is 0 Å². The Morgan fingerprint density at radius 2 is 1.83 bits per heavy atom. The fraction of sp³-hybridized carbons (Fsp3) is 0.480. The summed E-state index contributed by atoms with van der Waals surface area (Å²) in [7, 11) is 0. The fourth-order valence-electron chi connectivity index (χ4n) is 6.98. The van der Waals surface area contributed by atoms with Crippen LogP contribution in [-0.2, 0) is 5.41 Å². The quantitative estimate of drug-likeness (QED) is 0.402. The van der Waals surface area contributed by atoms with E-state index in [0.717, 1.165) is 18.4 Å². The second-order valence-corrected chi connectivity index (χ2v) is 10.1. The molecule has 156 valence electrons. The number of nitro benzene ring substituents is 1. The molecule has 30 heavy (non-hydrogen) atoms. The number of aromatic hydroxyl groups is 1. The number of hydrogen-bond donors (Lipinski definition) is 1. The lowest BCUT2D eigenvalue weighted by atomic mass is 9.43. The molecule has 0 radical (unpaired) electrons. The number of benzene rings is 2. The van der Waals surface area contributed by atoms with E-state index in [9.17, 15) is 15.2 Å². The lowest BCUT2D eigenvalue weighted by Crippen LogP contribution is -2.55. The van der Waals surface area contributed by atoms with Crippen LogP contribution in [0.4, 0.5) is 5.69 Å². The highest BCUT2D eigenvalue weighted by atomic mass is 16.6. The van der Waals surface area contributed by atoms with Gasteiger partial charge in [0.2, 0.25) is 0 Å². The number of nitro groups is 1. The Morgan fingerprint density at radius 3 is 2.50 bits per heavy atom. The molecule has 0 aromatic heterocycles. The Kier molecular flexibility index (Phi) is 4.46. The van der Waals surface area contributed by atoms with E-state index in [1.165, 1.54) is 67.9 Å². The van der Waals surface area contributed by atoms with Gasteiger partial charge in [0.25, 0.3) is 5.69 Å². The monoisotopic (exact) mass is 404 g/mol. The number of non-ortho nitro benzene ring substituents is 1. The van der Waals surface area contributed by atoms with Gasteiger partial charge in [-0.15, -0.1) is 0 Å². The number of phenolic OH excluding ortho intramolecular Hbond substituents is 1. The first-order chi connectivity index (χ1) is 14.4. The first kappa shape index (κ1) is 19.3. The second kappa shape index (κ2) is 6.93. The van der Waals surface area contributed by atoms with Gasteiger partial charge in [0.1, 0.15) is 5.75 Å². The predicted molar refractivity (Wildman–Crippen MR) is 117 cm³/mol. The number of phenols is 1. The van der Waals surface area contributed by atoms with Crippen molar-refractivity contribution >= 4 is 11.9 Å². The molecule has 0 saturated heterocycles. The third-order valence-electron chi connectivity index (χ3n) is 7.73. The van der Waals surface area contributed by atoms with Gasteiger partial charge >= 0.3 is 0 Å². The Bertz CT molecular complexity index is 998. The summed E-state index contributed by atoms with van der Waals surface area (Å²) in [6, 6.07) is 13.2. The van der Waals surface area contributed by atoms with E-state index in [1.54, 1.807) is 6.21 Å². The average molecular weight is 405 g/mol. The van der Waals surface area contributed by atoms with Gasteiger partial charge in [-0.05, 0) is 79.7 Å². The summed E-state index contributed by atoms with van der Waals surface area (Å²) in [5, 5.41) is 21.1. The van der Waals surface area contributed by atoms with Gasteiger partial charge in [-0.2, -0.15) is 0 Å². The Balaban J connectivity index is 1.40. The molecular formula is C25H28N2O3. The Hall–Kier alpha value is -2.69. The second-order valence-electron chi connectivity index (χ2n) is 10.1. The number of hydrogen-bond acceptors (Lipinski definition) is 4. The molecule has 5 heteroatoms. The molecule has 4 bridgehead atoms. The highest BCUT2D eigenvalue weighted by Gasteiger charge is 2.57. The average Bonchev–Trinajstić information content (AvgIpc) is 2.68. The molecule has 0 aliphatic heterocycles. The van der Waals surface area contributed by atoms with Crippen molar-refractivity contribution in [3.8, 4) is 5.75 Å². The van der Waals surface area contributed by atoms with Crippen molar-refractivity contribution in [2.45, 2.75) is 50.9 Å². The Morgan fingerprint density at radius 1 is 1.13 bits per heavy atom. The van der Waals surface area contributed by atoms with E-state index in [1.807, 2.05) is 0 Å². The molecule has 2 aromatic carbocycles. The number of aryl methyl sites for hydroxylation is 1. The van der Waals surface area contributed by atoms with Crippen molar-refractivity contribution < 1.29 is 10.0 Å². The van der Waals surface area contributed by atoms with Crippen LogP contribution in [0.5, 0.6) is 5.75 Å². The molecule has 0 spiro atoms. The molecule has 4 saturated carbocycles. The van der Waals surface area contributed by atoms with Crippen molar-refractivity contribution in [1.82, 2.24) is 0 Å².